The van der Waals surface area contributed by atoms with Crippen molar-refractivity contribution in [3.05, 3.63) is 21.3 Å². The highest BCUT2D eigenvalue weighted by Crippen LogP contribution is 2.31. The third kappa shape index (κ3) is 4.13. The number of nitrogens with zero attached hydrogens (tertiary/aromatic N) is 1. The van der Waals surface area contributed by atoms with E-state index in [0.717, 1.165) is 29.5 Å². The molecule has 1 saturated heterocycles. The minimum absolute atomic E-state index is 0.132. The zero-order valence-corrected chi connectivity index (χ0v) is 14.3. The van der Waals surface area contributed by atoms with E-state index in [0.29, 0.717) is 6.42 Å². The third-order valence-electron chi connectivity index (χ3n) is 3.87. The number of amides is 1. The number of rotatable bonds is 6. The van der Waals surface area contributed by atoms with E-state index in [1.54, 1.807) is 11.3 Å². The van der Waals surface area contributed by atoms with Gasteiger partial charge in [0, 0.05) is 29.1 Å². The lowest BCUT2D eigenvalue weighted by molar-refractivity contribution is -0.121. The fraction of sp³-hybridized carbons (Fsp3) is 0.643. The molecule has 0 spiro atoms. The number of carbonyl (C=O) groups excluding carboxylic acids is 1. The van der Waals surface area contributed by atoms with Crippen LogP contribution in [0.5, 0.6) is 0 Å². The molecule has 1 aliphatic heterocycles. The van der Waals surface area contributed by atoms with E-state index in [-0.39, 0.29) is 11.4 Å². The number of likely N-dealkylation sites (N-methyl/N-ethyl adjacent to an activating group) is 1. The van der Waals surface area contributed by atoms with Gasteiger partial charge >= 0.3 is 0 Å². The molecule has 1 N–H and O–H groups in total. The van der Waals surface area contributed by atoms with Crippen LogP contribution >= 0.6 is 34.7 Å². The smallest absolute Gasteiger partial charge is 0.220 e. The Bertz CT molecular complexity index is 456. The summed E-state index contributed by atoms with van der Waals surface area (Å²) in [6.45, 7) is 0.747. The molecule has 1 unspecified atom stereocenters. The first-order valence-electron chi connectivity index (χ1n) is 6.78. The van der Waals surface area contributed by atoms with Crippen molar-refractivity contribution in [2.75, 3.05) is 32.1 Å². The molecule has 0 bridgehead atoms. The van der Waals surface area contributed by atoms with Crippen LogP contribution in [0.1, 0.15) is 17.7 Å². The molecule has 1 amide bonds. The Labute approximate surface area is 134 Å². The van der Waals surface area contributed by atoms with E-state index in [4.69, 9.17) is 11.6 Å². The fourth-order valence-electron chi connectivity index (χ4n) is 2.32. The Morgan fingerprint density at radius 3 is 2.85 bits per heavy atom. The Balaban J connectivity index is 1.77. The van der Waals surface area contributed by atoms with E-state index in [9.17, 15) is 4.79 Å². The van der Waals surface area contributed by atoms with Crippen LogP contribution in [0, 0.1) is 0 Å². The molecule has 0 radical (unpaired) electrons. The SMILES string of the molecule is CN(C)C1(CNC(=O)CCc2ccc(Cl)s2)CCSC1. The van der Waals surface area contributed by atoms with Gasteiger partial charge in [0.15, 0.2) is 0 Å². The van der Waals surface area contributed by atoms with Crippen LogP contribution < -0.4 is 5.32 Å². The van der Waals surface area contributed by atoms with Crippen molar-refractivity contribution in [3.63, 3.8) is 0 Å². The van der Waals surface area contributed by atoms with Gasteiger partial charge in [0.2, 0.25) is 5.91 Å². The van der Waals surface area contributed by atoms with Crippen LogP contribution in [-0.2, 0) is 11.2 Å². The van der Waals surface area contributed by atoms with Gasteiger partial charge in [-0.15, -0.1) is 11.3 Å². The molecule has 2 rings (SSSR count). The summed E-state index contributed by atoms with van der Waals surface area (Å²) in [5, 5.41) is 3.10. The van der Waals surface area contributed by atoms with Gasteiger partial charge in [0.25, 0.3) is 0 Å². The molecule has 2 heterocycles. The normalized spacial score (nSPS) is 22.4. The van der Waals surface area contributed by atoms with Gasteiger partial charge in [-0.25, -0.2) is 0 Å². The molecular formula is C14H21ClN2OS2. The number of carbonyl (C=O) groups is 1. The average molecular weight is 333 g/mol. The second-order valence-electron chi connectivity index (χ2n) is 5.40. The van der Waals surface area contributed by atoms with Crippen LogP contribution in [-0.4, -0.2) is 48.5 Å². The summed E-state index contributed by atoms with van der Waals surface area (Å²) in [7, 11) is 4.21. The Morgan fingerprint density at radius 1 is 1.50 bits per heavy atom. The Kier molecular flexibility index (Phi) is 5.78. The van der Waals surface area contributed by atoms with Gasteiger partial charge in [-0.1, -0.05) is 11.6 Å². The second kappa shape index (κ2) is 7.16. The summed E-state index contributed by atoms with van der Waals surface area (Å²) < 4.78 is 0.787. The van der Waals surface area contributed by atoms with Gasteiger partial charge in [0.05, 0.1) is 4.34 Å². The summed E-state index contributed by atoms with van der Waals surface area (Å²) in [6.07, 6.45) is 2.45. The molecule has 1 atom stereocenters. The van der Waals surface area contributed by atoms with Crippen LogP contribution in [0.3, 0.4) is 0 Å². The molecule has 20 heavy (non-hydrogen) atoms. The largest absolute Gasteiger partial charge is 0.354 e. The van der Waals surface area contributed by atoms with Crippen molar-refractivity contribution < 1.29 is 4.79 Å². The van der Waals surface area contributed by atoms with Gasteiger partial charge in [-0.3, -0.25) is 4.79 Å². The first kappa shape index (κ1) is 16.1. The average Bonchev–Trinajstić information content (AvgIpc) is 3.03. The highest BCUT2D eigenvalue weighted by atomic mass is 35.5. The molecule has 0 aliphatic carbocycles. The maximum atomic E-state index is 12.0. The topological polar surface area (TPSA) is 32.3 Å². The number of aryl methyl sites for hydroxylation is 1. The highest BCUT2D eigenvalue weighted by Gasteiger charge is 2.36. The standard InChI is InChI=1S/C14H21ClN2OS2/c1-17(2)14(7-8-19-10-14)9-16-13(18)6-4-11-3-5-12(15)20-11/h3,5H,4,6-10H2,1-2H3,(H,16,18). The second-order valence-corrected chi connectivity index (χ2v) is 8.31. The molecule has 112 valence electrons. The van der Waals surface area contributed by atoms with E-state index in [1.165, 1.54) is 10.6 Å². The number of hydrogen-bond donors (Lipinski definition) is 1. The van der Waals surface area contributed by atoms with Gasteiger partial charge in [-0.2, -0.15) is 11.8 Å². The zero-order chi connectivity index (χ0) is 14.6. The van der Waals surface area contributed by atoms with E-state index in [1.807, 2.05) is 23.9 Å². The van der Waals surface area contributed by atoms with E-state index < -0.39 is 0 Å². The summed E-state index contributed by atoms with van der Waals surface area (Å²) in [6, 6.07) is 3.88. The fourth-order valence-corrected chi connectivity index (χ4v) is 4.96. The Hall–Kier alpha value is -0.230. The van der Waals surface area contributed by atoms with E-state index >= 15 is 0 Å². The van der Waals surface area contributed by atoms with Crippen LogP contribution in [0.15, 0.2) is 12.1 Å². The molecule has 0 saturated carbocycles. The molecule has 1 aromatic rings. The molecule has 3 nitrogen and oxygen atoms in total. The quantitative estimate of drug-likeness (QED) is 0.869. The van der Waals surface area contributed by atoms with Gasteiger partial charge < -0.3 is 10.2 Å². The van der Waals surface area contributed by atoms with Crippen LogP contribution in [0.25, 0.3) is 0 Å². The Morgan fingerprint density at radius 2 is 2.30 bits per heavy atom. The molecular weight excluding hydrogens is 312 g/mol. The van der Waals surface area contributed by atoms with Crippen molar-refractivity contribution in [3.8, 4) is 0 Å². The first-order chi connectivity index (χ1) is 9.52. The van der Waals surface area contributed by atoms with Crippen LogP contribution in [0.2, 0.25) is 4.34 Å². The zero-order valence-electron chi connectivity index (χ0n) is 11.9. The summed E-state index contributed by atoms with van der Waals surface area (Å²) in [4.78, 5) is 15.4. The predicted octanol–water partition coefficient (Wildman–Crippen LogP) is 2.89. The third-order valence-corrected chi connectivity index (χ3v) is 6.40. The predicted molar refractivity (Wildman–Crippen MR) is 89.0 cm³/mol. The lowest BCUT2D eigenvalue weighted by Gasteiger charge is -2.35. The number of hydrogen-bond acceptors (Lipinski definition) is 4. The van der Waals surface area contributed by atoms with E-state index in [2.05, 4.69) is 24.3 Å². The summed E-state index contributed by atoms with van der Waals surface area (Å²) in [5.41, 5.74) is 0.132. The number of nitrogens with one attached hydrogen (secondary N) is 1. The van der Waals surface area contributed by atoms with Crippen molar-refractivity contribution in [1.82, 2.24) is 10.2 Å². The lowest BCUT2D eigenvalue weighted by Crippen LogP contribution is -2.53. The molecule has 1 aliphatic rings. The lowest BCUT2D eigenvalue weighted by atomic mass is 9.97. The minimum atomic E-state index is 0.132. The van der Waals surface area contributed by atoms with Crippen molar-refractivity contribution in [2.24, 2.45) is 0 Å². The van der Waals surface area contributed by atoms with Crippen LogP contribution in [0.4, 0.5) is 0 Å². The molecule has 6 heteroatoms. The summed E-state index contributed by atoms with van der Waals surface area (Å²) in [5.74, 6) is 2.41. The monoisotopic (exact) mass is 332 g/mol. The maximum Gasteiger partial charge on any atom is 0.220 e. The molecule has 1 fully saturated rings. The van der Waals surface area contributed by atoms with Crippen molar-refractivity contribution in [2.45, 2.75) is 24.8 Å². The number of thioether (sulfide) groups is 1. The summed E-state index contributed by atoms with van der Waals surface area (Å²) >= 11 is 9.41. The number of thiophene rings is 1. The molecule has 0 aromatic carbocycles. The van der Waals surface area contributed by atoms with Crippen molar-refractivity contribution in [1.29, 1.82) is 0 Å². The van der Waals surface area contributed by atoms with Crippen molar-refractivity contribution >= 4 is 40.6 Å². The number of halogens is 1. The highest BCUT2D eigenvalue weighted by molar-refractivity contribution is 7.99. The van der Waals surface area contributed by atoms with Gasteiger partial charge in [0.1, 0.15) is 0 Å². The maximum absolute atomic E-state index is 12.0. The first-order valence-corrected chi connectivity index (χ1v) is 9.13. The molecule has 1 aromatic heterocycles. The minimum Gasteiger partial charge on any atom is -0.354 e. The van der Waals surface area contributed by atoms with Gasteiger partial charge in [-0.05, 0) is 44.8 Å².